The second-order valence-corrected chi connectivity index (χ2v) is 9.24. The third-order valence-corrected chi connectivity index (χ3v) is 6.85. The molecule has 7 nitrogen and oxygen atoms in total. The number of aromatic nitrogens is 2. The lowest BCUT2D eigenvalue weighted by atomic mass is 10.0. The highest BCUT2D eigenvalue weighted by Gasteiger charge is 2.23. The van der Waals surface area contributed by atoms with E-state index in [0.717, 1.165) is 30.5 Å². The number of anilines is 1. The zero-order chi connectivity index (χ0) is 21.8. The SMILES string of the molecule is O=C(Cc1ccc(NS(=O)(=O)c2ccc(F)cc2)cc1)N1CCC(n2ccnc2)CC1. The normalized spacial score (nSPS) is 15.1. The van der Waals surface area contributed by atoms with Crippen LogP contribution >= 0.6 is 0 Å². The Morgan fingerprint density at radius 3 is 2.35 bits per heavy atom. The van der Waals surface area contributed by atoms with Gasteiger partial charge in [0.15, 0.2) is 0 Å². The predicted octanol–water partition coefficient (Wildman–Crippen LogP) is 3.23. The van der Waals surface area contributed by atoms with E-state index < -0.39 is 15.8 Å². The highest BCUT2D eigenvalue weighted by Crippen LogP contribution is 2.23. The van der Waals surface area contributed by atoms with Gasteiger partial charge in [-0.2, -0.15) is 0 Å². The molecule has 0 radical (unpaired) electrons. The van der Waals surface area contributed by atoms with Gasteiger partial charge < -0.3 is 9.47 Å². The molecule has 2 heterocycles. The zero-order valence-electron chi connectivity index (χ0n) is 16.8. The molecule has 3 aromatic rings. The summed E-state index contributed by atoms with van der Waals surface area (Å²) in [7, 11) is -3.81. The monoisotopic (exact) mass is 442 g/mol. The Bertz CT molecular complexity index is 1120. The molecule has 1 aliphatic rings. The van der Waals surface area contributed by atoms with Crippen LogP contribution < -0.4 is 4.72 Å². The van der Waals surface area contributed by atoms with E-state index in [-0.39, 0.29) is 17.2 Å². The molecule has 31 heavy (non-hydrogen) atoms. The second-order valence-electron chi connectivity index (χ2n) is 7.55. The standard InChI is InChI=1S/C22H23FN4O3S/c23-18-3-7-21(8-4-18)31(29,30)25-19-5-1-17(2-6-19)15-22(28)26-12-9-20(10-13-26)27-14-11-24-16-27/h1-8,11,14,16,20,25H,9-10,12-13,15H2. The van der Waals surface area contributed by atoms with Crippen molar-refractivity contribution in [3.8, 4) is 0 Å². The van der Waals surface area contributed by atoms with Gasteiger partial charge in [0, 0.05) is 37.2 Å². The number of amides is 1. The number of nitrogens with one attached hydrogen (secondary N) is 1. The van der Waals surface area contributed by atoms with Crippen molar-refractivity contribution < 1.29 is 17.6 Å². The Balaban J connectivity index is 1.32. The largest absolute Gasteiger partial charge is 0.342 e. The Morgan fingerprint density at radius 1 is 1.06 bits per heavy atom. The van der Waals surface area contributed by atoms with Crippen LogP contribution in [0, 0.1) is 5.82 Å². The Kier molecular flexibility index (Phi) is 6.03. The molecule has 1 aliphatic heterocycles. The molecule has 9 heteroatoms. The predicted molar refractivity (Wildman–Crippen MR) is 114 cm³/mol. The van der Waals surface area contributed by atoms with Crippen LogP contribution in [-0.2, 0) is 21.2 Å². The third-order valence-electron chi connectivity index (χ3n) is 5.45. The van der Waals surface area contributed by atoms with E-state index in [2.05, 4.69) is 14.3 Å². The van der Waals surface area contributed by atoms with Gasteiger partial charge in [0.1, 0.15) is 5.82 Å². The maximum Gasteiger partial charge on any atom is 0.261 e. The number of imidazole rings is 1. The molecule has 2 aromatic carbocycles. The van der Waals surface area contributed by atoms with E-state index in [1.807, 2.05) is 17.4 Å². The Hall–Kier alpha value is -3.20. The zero-order valence-corrected chi connectivity index (χ0v) is 17.6. The van der Waals surface area contributed by atoms with E-state index in [9.17, 15) is 17.6 Å². The summed E-state index contributed by atoms with van der Waals surface area (Å²) < 4.78 is 42.4. The van der Waals surface area contributed by atoms with Crippen LogP contribution in [0.25, 0.3) is 0 Å². The van der Waals surface area contributed by atoms with Crippen LogP contribution in [0.2, 0.25) is 0 Å². The maximum atomic E-state index is 13.0. The van der Waals surface area contributed by atoms with E-state index in [4.69, 9.17) is 0 Å². The van der Waals surface area contributed by atoms with Gasteiger partial charge in [0.2, 0.25) is 5.91 Å². The fraction of sp³-hybridized carbons (Fsp3) is 0.273. The molecule has 4 rings (SSSR count). The quantitative estimate of drug-likeness (QED) is 0.635. The molecule has 0 bridgehead atoms. The molecule has 1 fully saturated rings. The molecule has 162 valence electrons. The molecule has 0 unspecified atom stereocenters. The lowest BCUT2D eigenvalue weighted by Crippen LogP contribution is -2.39. The first kappa shape index (κ1) is 21.0. The molecule has 0 spiro atoms. The van der Waals surface area contributed by atoms with Crippen LogP contribution in [0.15, 0.2) is 72.1 Å². The smallest absolute Gasteiger partial charge is 0.261 e. The molecular formula is C22H23FN4O3S. The topological polar surface area (TPSA) is 84.3 Å². The number of piperidine rings is 1. The number of hydrogen-bond acceptors (Lipinski definition) is 4. The maximum absolute atomic E-state index is 13.0. The van der Waals surface area contributed by atoms with Crippen molar-refractivity contribution in [3.63, 3.8) is 0 Å². The van der Waals surface area contributed by atoms with Crippen molar-refractivity contribution in [2.75, 3.05) is 17.8 Å². The number of likely N-dealkylation sites (tertiary alicyclic amines) is 1. The van der Waals surface area contributed by atoms with Gasteiger partial charge in [-0.25, -0.2) is 17.8 Å². The fourth-order valence-corrected chi connectivity index (χ4v) is 4.76. The highest BCUT2D eigenvalue weighted by atomic mass is 32.2. The number of halogens is 1. The van der Waals surface area contributed by atoms with Crippen LogP contribution in [-0.4, -0.2) is 41.9 Å². The van der Waals surface area contributed by atoms with Gasteiger partial charge in [0.05, 0.1) is 17.6 Å². The second kappa shape index (κ2) is 8.89. The summed E-state index contributed by atoms with van der Waals surface area (Å²) in [6.07, 6.45) is 7.59. The highest BCUT2D eigenvalue weighted by molar-refractivity contribution is 7.92. The van der Waals surface area contributed by atoms with Gasteiger partial charge in [0.25, 0.3) is 10.0 Å². The minimum atomic E-state index is -3.81. The molecule has 0 atom stereocenters. The summed E-state index contributed by atoms with van der Waals surface area (Å²) in [5.41, 5.74) is 1.19. The minimum absolute atomic E-state index is 0.0211. The number of carbonyl (C=O) groups is 1. The molecular weight excluding hydrogens is 419 g/mol. The summed E-state index contributed by atoms with van der Waals surface area (Å²) in [4.78, 5) is 18.6. The number of hydrogen-bond donors (Lipinski definition) is 1. The average molecular weight is 443 g/mol. The van der Waals surface area contributed by atoms with Gasteiger partial charge in [-0.3, -0.25) is 9.52 Å². The van der Waals surface area contributed by atoms with Crippen molar-refractivity contribution >= 4 is 21.6 Å². The Morgan fingerprint density at radius 2 is 1.74 bits per heavy atom. The molecule has 0 aliphatic carbocycles. The van der Waals surface area contributed by atoms with Gasteiger partial charge in [-0.15, -0.1) is 0 Å². The average Bonchev–Trinajstić information content (AvgIpc) is 3.30. The van der Waals surface area contributed by atoms with E-state index in [0.29, 0.717) is 24.8 Å². The number of benzene rings is 2. The minimum Gasteiger partial charge on any atom is -0.342 e. The summed E-state index contributed by atoms with van der Waals surface area (Å²) in [5.74, 6) is -0.442. The lowest BCUT2D eigenvalue weighted by molar-refractivity contribution is -0.131. The van der Waals surface area contributed by atoms with Crippen LogP contribution in [0.3, 0.4) is 0 Å². The van der Waals surface area contributed by atoms with E-state index in [1.165, 1.54) is 12.1 Å². The first-order valence-electron chi connectivity index (χ1n) is 10.0. The van der Waals surface area contributed by atoms with Gasteiger partial charge in [-0.05, 0) is 54.8 Å². The number of sulfonamides is 1. The van der Waals surface area contributed by atoms with Crippen LogP contribution in [0.5, 0.6) is 0 Å². The fourth-order valence-electron chi connectivity index (χ4n) is 3.70. The van der Waals surface area contributed by atoms with Crippen molar-refractivity contribution in [2.45, 2.75) is 30.2 Å². The van der Waals surface area contributed by atoms with Crippen LogP contribution in [0.4, 0.5) is 10.1 Å². The Labute approximate surface area is 180 Å². The molecule has 1 aromatic heterocycles. The van der Waals surface area contributed by atoms with Crippen molar-refractivity contribution in [1.82, 2.24) is 14.5 Å². The van der Waals surface area contributed by atoms with E-state index in [1.54, 1.807) is 30.5 Å². The number of rotatable bonds is 6. The number of carbonyl (C=O) groups excluding carboxylic acids is 1. The number of nitrogens with zero attached hydrogens (tertiary/aromatic N) is 3. The summed E-state index contributed by atoms with van der Waals surface area (Å²) in [5, 5.41) is 0. The molecule has 0 saturated carbocycles. The lowest BCUT2D eigenvalue weighted by Gasteiger charge is -2.32. The summed E-state index contributed by atoms with van der Waals surface area (Å²) >= 11 is 0. The van der Waals surface area contributed by atoms with Crippen LogP contribution in [0.1, 0.15) is 24.4 Å². The van der Waals surface area contributed by atoms with Gasteiger partial charge >= 0.3 is 0 Å². The van der Waals surface area contributed by atoms with Crippen molar-refractivity contribution in [3.05, 3.63) is 78.6 Å². The first-order valence-corrected chi connectivity index (χ1v) is 11.5. The third kappa shape index (κ3) is 5.11. The molecule has 1 saturated heterocycles. The summed E-state index contributed by atoms with van der Waals surface area (Å²) in [6, 6.07) is 11.7. The molecule has 1 amide bonds. The first-order chi connectivity index (χ1) is 14.9. The van der Waals surface area contributed by atoms with Crippen molar-refractivity contribution in [1.29, 1.82) is 0 Å². The van der Waals surface area contributed by atoms with E-state index >= 15 is 0 Å². The summed E-state index contributed by atoms with van der Waals surface area (Å²) in [6.45, 7) is 1.41. The van der Waals surface area contributed by atoms with Gasteiger partial charge in [-0.1, -0.05) is 12.1 Å². The van der Waals surface area contributed by atoms with Crippen molar-refractivity contribution in [2.24, 2.45) is 0 Å². The molecule has 1 N–H and O–H groups in total.